The number of carbonyl (C=O) groups excluding carboxylic acids is 1. The Kier molecular flexibility index (Phi) is 3.90. The van der Waals surface area contributed by atoms with Crippen molar-refractivity contribution in [1.82, 2.24) is 9.80 Å². The van der Waals surface area contributed by atoms with Crippen LogP contribution in [0.2, 0.25) is 0 Å². The van der Waals surface area contributed by atoms with Crippen molar-refractivity contribution in [2.45, 2.75) is 32.7 Å². The van der Waals surface area contributed by atoms with E-state index in [2.05, 4.69) is 0 Å². The van der Waals surface area contributed by atoms with Gasteiger partial charge in [0.2, 0.25) is 5.91 Å². The summed E-state index contributed by atoms with van der Waals surface area (Å²) in [4.78, 5) is 26.9. The fourth-order valence-electron chi connectivity index (χ4n) is 2.57. The highest BCUT2D eigenvalue weighted by molar-refractivity contribution is 5.79. The lowest BCUT2D eigenvalue weighted by molar-refractivity contribution is -0.144. The molecule has 1 N–H and O–H groups in total. The number of piperazine rings is 1. The van der Waals surface area contributed by atoms with Crippen LogP contribution in [-0.2, 0) is 9.59 Å². The van der Waals surface area contributed by atoms with Crippen molar-refractivity contribution in [3.8, 4) is 0 Å². The van der Waals surface area contributed by atoms with Crippen LogP contribution in [0.5, 0.6) is 0 Å². The Bertz CT molecular complexity index is 333. The summed E-state index contributed by atoms with van der Waals surface area (Å²) in [5, 5.41) is 8.96. The second kappa shape index (κ2) is 5.26. The van der Waals surface area contributed by atoms with E-state index >= 15 is 0 Å². The molecule has 0 spiro atoms. The molecule has 102 valence electrons. The molecule has 0 radical (unpaired) electrons. The summed E-state index contributed by atoms with van der Waals surface area (Å²) >= 11 is 0. The first-order valence-electron chi connectivity index (χ1n) is 6.76. The molecule has 18 heavy (non-hydrogen) atoms. The van der Waals surface area contributed by atoms with E-state index in [0.29, 0.717) is 32.1 Å². The summed E-state index contributed by atoms with van der Waals surface area (Å²) in [6, 6.07) is -0.455. The normalized spacial score (nSPS) is 24.7. The fourth-order valence-corrected chi connectivity index (χ4v) is 2.57. The highest BCUT2D eigenvalue weighted by atomic mass is 16.4. The number of carboxylic acids is 1. The van der Waals surface area contributed by atoms with Gasteiger partial charge in [0.1, 0.15) is 6.04 Å². The summed E-state index contributed by atoms with van der Waals surface area (Å²) in [5.41, 5.74) is 0. The zero-order chi connectivity index (χ0) is 13.3. The molecule has 0 bridgehead atoms. The summed E-state index contributed by atoms with van der Waals surface area (Å²) in [6.45, 7) is 6.37. The van der Waals surface area contributed by atoms with Gasteiger partial charge >= 0.3 is 5.97 Å². The zero-order valence-corrected chi connectivity index (χ0v) is 11.1. The van der Waals surface area contributed by atoms with Gasteiger partial charge in [-0.3, -0.25) is 14.5 Å². The predicted molar refractivity (Wildman–Crippen MR) is 67.1 cm³/mol. The van der Waals surface area contributed by atoms with Gasteiger partial charge in [-0.1, -0.05) is 6.92 Å². The topological polar surface area (TPSA) is 60.9 Å². The largest absolute Gasteiger partial charge is 0.480 e. The van der Waals surface area contributed by atoms with Gasteiger partial charge in [-0.2, -0.15) is 0 Å². The number of carbonyl (C=O) groups is 2. The lowest BCUT2D eigenvalue weighted by atomic mass is 10.0. The molecule has 1 saturated heterocycles. The molecule has 5 heteroatoms. The molecule has 1 amide bonds. The molecule has 2 fully saturated rings. The molecule has 2 aliphatic rings. The molecule has 1 heterocycles. The Labute approximate surface area is 108 Å². The molecule has 2 atom stereocenters. The first-order chi connectivity index (χ1) is 8.50. The fraction of sp³-hybridized carbons (Fsp3) is 0.846. The van der Waals surface area contributed by atoms with Crippen LogP contribution in [0.1, 0.15) is 26.7 Å². The summed E-state index contributed by atoms with van der Waals surface area (Å²) in [7, 11) is 0. The Morgan fingerprint density at radius 1 is 1.11 bits per heavy atom. The van der Waals surface area contributed by atoms with Gasteiger partial charge in [0.15, 0.2) is 0 Å². The van der Waals surface area contributed by atoms with Crippen LogP contribution in [0.15, 0.2) is 0 Å². The van der Waals surface area contributed by atoms with Crippen molar-refractivity contribution >= 4 is 11.9 Å². The summed E-state index contributed by atoms with van der Waals surface area (Å²) in [6.07, 6.45) is 2.37. The molecular weight excluding hydrogens is 232 g/mol. The Morgan fingerprint density at radius 2 is 1.67 bits per heavy atom. The van der Waals surface area contributed by atoms with E-state index < -0.39 is 12.0 Å². The molecule has 1 saturated carbocycles. The molecule has 2 rings (SSSR count). The van der Waals surface area contributed by atoms with Crippen molar-refractivity contribution in [1.29, 1.82) is 0 Å². The highest BCUT2D eigenvalue weighted by Crippen LogP contribution is 2.37. The number of hydrogen-bond donors (Lipinski definition) is 1. The number of amides is 1. The maximum atomic E-state index is 12.2. The second-order valence-electron chi connectivity index (χ2n) is 5.50. The molecule has 1 aliphatic carbocycles. The van der Waals surface area contributed by atoms with Crippen LogP contribution in [-0.4, -0.2) is 59.0 Å². The Hall–Kier alpha value is -1.10. The van der Waals surface area contributed by atoms with Crippen LogP contribution in [0.25, 0.3) is 0 Å². The van der Waals surface area contributed by atoms with Gasteiger partial charge < -0.3 is 10.0 Å². The van der Waals surface area contributed by atoms with Crippen molar-refractivity contribution in [2.75, 3.05) is 26.2 Å². The minimum Gasteiger partial charge on any atom is -0.480 e. The highest BCUT2D eigenvalue weighted by Gasteiger charge is 2.36. The number of aliphatic carboxylic acids is 1. The quantitative estimate of drug-likeness (QED) is 0.800. The summed E-state index contributed by atoms with van der Waals surface area (Å²) in [5.74, 6) is 0.197. The first-order valence-corrected chi connectivity index (χ1v) is 6.76. The van der Waals surface area contributed by atoms with E-state index in [9.17, 15) is 9.59 Å². The first kappa shape index (κ1) is 13.3. The molecule has 1 aliphatic heterocycles. The van der Waals surface area contributed by atoms with Gasteiger partial charge in [0.05, 0.1) is 0 Å². The van der Waals surface area contributed by atoms with Crippen LogP contribution >= 0.6 is 0 Å². The van der Waals surface area contributed by atoms with Crippen molar-refractivity contribution in [2.24, 2.45) is 11.8 Å². The molecule has 2 unspecified atom stereocenters. The monoisotopic (exact) mass is 254 g/mol. The van der Waals surface area contributed by atoms with Crippen LogP contribution in [0, 0.1) is 11.8 Å². The maximum Gasteiger partial charge on any atom is 0.320 e. The van der Waals surface area contributed by atoms with Gasteiger partial charge in [-0.05, 0) is 25.7 Å². The van der Waals surface area contributed by atoms with Crippen molar-refractivity contribution in [3.05, 3.63) is 0 Å². The van der Waals surface area contributed by atoms with Gasteiger partial charge in [-0.15, -0.1) is 0 Å². The van der Waals surface area contributed by atoms with Gasteiger partial charge in [-0.25, -0.2) is 0 Å². The minimum atomic E-state index is -0.791. The van der Waals surface area contributed by atoms with Crippen LogP contribution < -0.4 is 0 Å². The lowest BCUT2D eigenvalue weighted by Crippen LogP contribution is -2.54. The van der Waals surface area contributed by atoms with Crippen LogP contribution in [0.4, 0.5) is 0 Å². The van der Waals surface area contributed by atoms with Gasteiger partial charge in [0.25, 0.3) is 0 Å². The molecule has 0 aromatic heterocycles. The third kappa shape index (κ3) is 2.83. The average Bonchev–Trinajstić information content (AvgIpc) is 3.20. The lowest BCUT2D eigenvalue weighted by Gasteiger charge is -2.37. The van der Waals surface area contributed by atoms with E-state index in [1.165, 1.54) is 12.8 Å². The summed E-state index contributed by atoms with van der Waals surface area (Å²) < 4.78 is 0. The molecule has 0 aromatic rings. The number of rotatable bonds is 4. The van der Waals surface area contributed by atoms with E-state index in [0.717, 1.165) is 0 Å². The maximum absolute atomic E-state index is 12.2. The van der Waals surface area contributed by atoms with E-state index in [4.69, 9.17) is 5.11 Å². The zero-order valence-electron chi connectivity index (χ0n) is 11.1. The minimum absolute atomic E-state index is 0.147. The van der Waals surface area contributed by atoms with Crippen molar-refractivity contribution in [3.63, 3.8) is 0 Å². The third-order valence-electron chi connectivity index (χ3n) is 4.25. The second-order valence-corrected chi connectivity index (χ2v) is 5.50. The smallest absolute Gasteiger partial charge is 0.320 e. The number of carboxylic acid groups (broad SMARTS) is 1. The van der Waals surface area contributed by atoms with E-state index in [1.54, 1.807) is 6.92 Å². The Morgan fingerprint density at radius 3 is 2.11 bits per heavy atom. The van der Waals surface area contributed by atoms with Crippen molar-refractivity contribution < 1.29 is 14.7 Å². The number of hydrogen-bond acceptors (Lipinski definition) is 3. The molecule has 0 aromatic carbocycles. The molecular formula is C13H22N2O3. The average molecular weight is 254 g/mol. The predicted octanol–water partition coefficient (Wildman–Crippen LogP) is 0.650. The standard InChI is InChI=1S/C13H22N2O3/c1-9(11-3-4-11)12(16)15-7-5-14(6-8-15)10(2)13(17)18/h9-11H,3-8H2,1-2H3,(H,17,18). The van der Waals surface area contributed by atoms with Gasteiger partial charge in [0, 0.05) is 32.1 Å². The number of nitrogens with zero attached hydrogens (tertiary/aromatic N) is 2. The SMILES string of the molecule is CC(C(=O)N1CCN(C(C)C(=O)O)CC1)C1CC1. The molecule has 5 nitrogen and oxygen atoms in total. The van der Waals surface area contributed by atoms with E-state index in [1.807, 2.05) is 16.7 Å². The van der Waals surface area contributed by atoms with E-state index in [-0.39, 0.29) is 11.8 Å². The Balaban J connectivity index is 1.82. The third-order valence-corrected chi connectivity index (χ3v) is 4.25. The van der Waals surface area contributed by atoms with Crippen LogP contribution in [0.3, 0.4) is 0 Å².